The molecule has 0 spiro atoms. The minimum atomic E-state index is -3.58. The Labute approximate surface area is 119 Å². The van der Waals surface area contributed by atoms with Crippen molar-refractivity contribution in [1.82, 2.24) is 4.72 Å². The molecule has 5 nitrogen and oxygen atoms in total. The molecular formula is C14H18N2O3S. The minimum Gasteiger partial charge on any atom is -0.495 e. The molecule has 0 heterocycles. The van der Waals surface area contributed by atoms with Gasteiger partial charge < -0.3 is 10.5 Å². The van der Waals surface area contributed by atoms with Gasteiger partial charge in [-0.15, -0.1) is 0 Å². The third-order valence-corrected chi connectivity index (χ3v) is 4.76. The molecule has 0 bridgehead atoms. The SMILES string of the molecule is COc1ccc(C#CCN)cc1S(=O)(=O)NC1CCC1. The lowest BCUT2D eigenvalue weighted by atomic mass is 9.94. The average Bonchev–Trinajstić information content (AvgIpc) is 2.40. The largest absolute Gasteiger partial charge is 0.495 e. The maximum absolute atomic E-state index is 12.4. The van der Waals surface area contributed by atoms with Crippen LogP contribution in [0.25, 0.3) is 0 Å². The van der Waals surface area contributed by atoms with Crippen LogP contribution in [-0.4, -0.2) is 28.1 Å². The molecule has 0 aliphatic heterocycles. The first-order chi connectivity index (χ1) is 9.56. The summed E-state index contributed by atoms with van der Waals surface area (Å²) in [4.78, 5) is 0.121. The molecule has 0 aromatic heterocycles. The number of ether oxygens (including phenoxy) is 1. The van der Waals surface area contributed by atoms with Crippen LogP contribution in [0.2, 0.25) is 0 Å². The van der Waals surface area contributed by atoms with Crippen LogP contribution in [0.1, 0.15) is 24.8 Å². The van der Waals surface area contributed by atoms with Crippen molar-refractivity contribution in [2.24, 2.45) is 5.73 Å². The second-order valence-corrected chi connectivity index (χ2v) is 6.30. The number of hydrogen-bond donors (Lipinski definition) is 2. The molecule has 1 aromatic rings. The normalized spacial score (nSPS) is 15.1. The quantitative estimate of drug-likeness (QED) is 0.806. The van der Waals surface area contributed by atoms with Gasteiger partial charge >= 0.3 is 0 Å². The number of methoxy groups -OCH3 is 1. The zero-order valence-electron chi connectivity index (χ0n) is 11.3. The van der Waals surface area contributed by atoms with E-state index in [1.165, 1.54) is 13.2 Å². The Morgan fingerprint density at radius 1 is 1.45 bits per heavy atom. The summed E-state index contributed by atoms with van der Waals surface area (Å²) in [5.41, 5.74) is 5.92. The Bertz CT molecular complexity index is 640. The minimum absolute atomic E-state index is 0.0310. The van der Waals surface area contributed by atoms with Gasteiger partial charge in [-0.25, -0.2) is 13.1 Å². The predicted octanol–water partition coefficient (Wildman–Crippen LogP) is 0.836. The lowest BCUT2D eigenvalue weighted by Gasteiger charge is -2.26. The van der Waals surface area contributed by atoms with Gasteiger partial charge in [0.1, 0.15) is 10.6 Å². The van der Waals surface area contributed by atoms with Gasteiger partial charge in [0, 0.05) is 11.6 Å². The van der Waals surface area contributed by atoms with E-state index in [9.17, 15) is 8.42 Å². The molecule has 0 atom stereocenters. The molecule has 1 aromatic carbocycles. The van der Waals surface area contributed by atoms with Crippen LogP contribution in [0, 0.1) is 11.8 Å². The van der Waals surface area contributed by atoms with Crippen molar-refractivity contribution in [3.8, 4) is 17.6 Å². The third kappa shape index (κ3) is 3.31. The summed E-state index contributed by atoms with van der Waals surface area (Å²) in [7, 11) is -2.14. The molecule has 20 heavy (non-hydrogen) atoms. The molecule has 6 heteroatoms. The highest BCUT2D eigenvalue weighted by Gasteiger charge is 2.27. The molecule has 2 rings (SSSR count). The summed E-state index contributed by atoms with van der Waals surface area (Å²) in [5.74, 6) is 5.85. The van der Waals surface area contributed by atoms with Crippen LogP contribution in [0.4, 0.5) is 0 Å². The van der Waals surface area contributed by atoms with Crippen molar-refractivity contribution < 1.29 is 13.2 Å². The standard InChI is InChI=1S/C14H18N2O3S/c1-19-13-8-7-11(4-3-9-15)10-14(13)20(17,18)16-12-5-2-6-12/h7-8,10,12,16H,2,5-6,9,15H2,1H3. The number of hydrogen-bond acceptors (Lipinski definition) is 4. The van der Waals surface area contributed by atoms with Crippen molar-refractivity contribution in [2.75, 3.05) is 13.7 Å². The zero-order chi connectivity index (χ0) is 14.6. The molecule has 0 amide bonds. The predicted molar refractivity (Wildman–Crippen MR) is 76.9 cm³/mol. The topological polar surface area (TPSA) is 81.4 Å². The fourth-order valence-corrected chi connectivity index (χ4v) is 3.43. The first-order valence-corrected chi connectivity index (χ1v) is 7.94. The van der Waals surface area contributed by atoms with Crippen LogP contribution in [0.3, 0.4) is 0 Å². The van der Waals surface area contributed by atoms with Crippen molar-refractivity contribution in [3.63, 3.8) is 0 Å². The number of benzene rings is 1. The Kier molecular flexibility index (Phi) is 4.65. The average molecular weight is 294 g/mol. The fourth-order valence-electron chi connectivity index (χ4n) is 1.93. The van der Waals surface area contributed by atoms with E-state index < -0.39 is 10.0 Å². The van der Waals surface area contributed by atoms with E-state index in [-0.39, 0.29) is 17.5 Å². The molecule has 1 fully saturated rings. The Hall–Kier alpha value is -1.55. The Balaban J connectivity index is 2.36. The summed E-state index contributed by atoms with van der Waals surface area (Å²) >= 11 is 0. The van der Waals surface area contributed by atoms with Crippen molar-refractivity contribution >= 4 is 10.0 Å². The zero-order valence-corrected chi connectivity index (χ0v) is 12.2. The van der Waals surface area contributed by atoms with Crippen LogP contribution in [0.15, 0.2) is 23.1 Å². The first-order valence-electron chi connectivity index (χ1n) is 6.46. The van der Waals surface area contributed by atoms with Gasteiger partial charge in [-0.05, 0) is 31.0 Å². The number of nitrogens with one attached hydrogen (secondary N) is 1. The number of sulfonamides is 1. The number of nitrogens with two attached hydrogens (primary N) is 1. The van der Waals surface area contributed by atoms with E-state index in [0.717, 1.165) is 19.3 Å². The molecule has 1 aliphatic rings. The molecule has 1 aliphatic carbocycles. The van der Waals surface area contributed by atoms with Gasteiger partial charge in [-0.1, -0.05) is 18.3 Å². The first kappa shape index (κ1) is 14.9. The van der Waals surface area contributed by atoms with Gasteiger partial charge in [-0.2, -0.15) is 0 Å². The smallest absolute Gasteiger partial charge is 0.244 e. The lowest BCUT2D eigenvalue weighted by molar-refractivity contribution is 0.379. The van der Waals surface area contributed by atoms with Gasteiger partial charge in [0.25, 0.3) is 0 Å². The van der Waals surface area contributed by atoms with Crippen LogP contribution < -0.4 is 15.2 Å². The molecule has 0 radical (unpaired) electrons. The highest BCUT2D eigenvalue weighted by atomic mass is 32.2. The van der Waals surface area contributed by atoms with Crippen LogP contribution >= 0.6 is 0 Å². The van der Waals surface area contributed by atoms with E-state index >= 15 is 0 Å². The van der Waals surface area contributed by atoms with Crippen molar-refractivity contribution in [3.05, 3.63) is 23.8 Å². The molecular weight excluding hydrogens is 276 g/mol. The van der Waals surface area contributed by atoms with E-state index in [2.05, 4.69) is 16.6 Å². The molecule has 0 unspecified atom stereocenters. The van der Waals surface area contributed by atoms with E-state index in [1.54, 1.807) is 12.1 Å². The summed E-state index contributed by atoms with van der Waals surface area (Å²) in [6.07, 6.45) is 2.83. The van der Waals surface area contributed by atoms with Crippen molar-refractivity contribution in [1.29, 1.82) is 0 Å². The van der Waals surface area contributed by atoms with Gasteiger partial charge in [0.15, 0.2) is 0 Å². The molecule has 1 saturated carbocycles. The maximum atomic E-state index is 12.4. The summed E-state index contributed by atoms with van der Waals surface area (Å²) in [5, 5.41) is 0. The summed E-state index contributed by atoms with van der Waals surface area (Å²) in [6.45, 7) is 0.231. The second kappa shape index (κ2) is 6.27. The molecule has 3 N–H and O–H groups in total. The fraction of sp³-hybridized carbons (Fsp3) is 0.429. The highest BCUT2D eigenvalue weighted by molar-refractivity contribution is 7.89. The summed E-state index contributed by atoms with van der Waals surface area (Å²) < 4.78 is 32.6. The van der Waals surface area contributed by atoms with Gasteiger partial charge in [-0.3, -0.25) is 0 Å². The lowest BCUT2D eigenvalue weighted by Crippen LogP contribution is -2.39. The molecule has 0 saturated heterocycles. The van der Waals surface area contributed by atoms with Gasteiger partial charge in [0.05, 0.1) is 13.7 Å². The van der Waals surface area contributed by atoms with E-state index in [0.29, 0.717) is 11.3 Å². The van der Waals surface area contributed by atoms with E-state index in [4.69, 9.17) is 10.5 Å². The number of rotatable bonds is 4. The van der Waals surface area contributed by atoms with E-state index in [1.807, 2.05) is 0 Å². The van der Waals surface area contributed by atoms with Crippen LogP contribution in [0.5, 0.6) is 5.75 Å². The van der Waals surface area contributed by atoms with Crippen LogP contribution in [-0.2, 0) is 10.0 Å². The Morgan fingerprint density at radius 2 is 2.20 bits per heavy atom. The maximum Gasteiger partial charge on any atom is 0.244 e. The second-order valence-electron chi connectivity index (χ2n) is 4.62. The van der Waals surface area contributed by atoms with Gasteiger partial charge in [0.2, 0.25) is 10.0 Å². The highest BCUT2D eigenvalue weighted by Crippen LogP contribution is 2.27. The monoisotopic (exact) mass is 294 g/mol. The van der Waals surface area contributed by atoms with Crippen molar-refractivity contribution in [2.45, 2.75) is 30.2 Å². The molecule has 108 valence electrons. The summed E-state index contributed by atoms with van der Waals surface area (Å²) in [6, 6.07) is 4.87. The Morgan fingerprint density at radius 3 is 2.75 bits per heavy atom. The third-order valence-electron chi connectivity index (χ3n) is 3.21.